The summed E-state index contributed by atoms with van der Waals surface area (Å²) in [7, 11) is 2.30. The molecule has 5 heteroatoms. The highest BCUT2D eigenvalue weighted by molar-refractivity contribution is 9.10. The number of nitrogens with one attached hydrogen (secondary N) is 1. The molecule has 0 spiro atoms. The molecule has 2 aliphatic heterocycles. The lowest BCUT2D eigenvalue weighted by atomic mass is 9.91. The quantitative estimate of drug-likeness (QED) is 0.865. The Labute approximate surface area is 132 Å². The second kappa shape index (κ2) is 6.02. The summed E-state index contributed by atoms with van der Waals surface area (Å²) in [6.45, 7) is 2.09. The Morgan fingerprint density at radius 1 is 1.42 bits per heavy atom. The van der Waals surface area contributed by atoms with Gasteiger partial charge in [-0.15, -0.1) is 11.3 Å². The van der Waals surface area contributed by atoms with E-state index in [1.54, 1.807) is 11.3 Å². The molecule has 0 amide bonds. The van der Waals surface area contributed by atoms with Gasteiger partial charge in [-0.05, 0) is 67.2 Å². The average molecular weight is 364 g/mol. The van der Waals surface area contributed by atoms with Crippen molar-refractivity contribution < 1.29 is 0 Å². The van der Waals surface area contributed by atoms with Crippen LogP contribution >= 0.6 is 38.9 Å². The molecule has 0 radical (unpaired) electrons. The van der Waals surface area contributed by atoms with Crippen LogP contribution in [0.15, 0.2) is 10.5 Å². The van der Waals surface area contributed by atoms with Crippen molar-refractivity contribution >= 4 is 38.9 Å². The summed E-state index contributed by atoms with van der Waals surface area (Å²) in [5.41, 5.74) is 0. The van der Waals surface area contributed by atoms with Gasteiger partial charge in [0.25, 0.3) is 0 Å². The number of hydrogen-bond donors (Lipinski definition) is 1. The van der Waals surface area contributed by atoms with Crippen LogP contribution in [-0.2, 0) is 6.54 Å². The van der Waals surface area contributed by atoms with Crippen molar-refractivity contribution in [1.82, 2.24) is 10.2 Å². The zero-order chi connectivity index (χ0) is 13.4. The SMILES string of the molecule is CN1C2CCC1CC(CNCc1cc(Br)c(Cl)s1)C2. The van der Waals surface area contributed by atoms with E-state index in [-0.39, 0.29) is 0 Å². The molecule has 19 heavy (non-hydrogen) atoms. The summed E-state index contributed by atoms with van der Waals surface area (Å²) >= 11 is 11.2. The van der Waals surface area contributed by atoms with E-state index in [0.29, 0.717) is 0 Å². The lowest BCUT2D eigenvalue weighted by molar-refractivity contribution is 0.133. The molecule has 2 saturated heterocycles. The zero-order valence-electron chi connectivity index (χ0n) is 11.2. The number of rotatable bonds is 4. The van der Waals surface area contributed by atoms with Gasteiger partial charge in [0.2, 0.25) is 0 Å². The van der Waals surface area contributed by atoms with E-state index in [1.165, 1.54) is 30.6 Å². The van der Waals surface area contributed by atoms with Crippen molar-refractivity contribution in [3.05, 3.63) is 19.8 Å². The maximum Gasteiger partial charge on any atom is 0.107 e. The zero-order valence-corrected chi connectivity index (χ0v) is 14.3. The second-order valence-electron chi connectivity index (χ2n) is 5.85. The molecule has 106 valence electrons. The van der Waals surface area contributed by atoms with Crippen LogP contribution in [0, 0.1) is 5.92 Å². The Bertz CT molecular complexity index is 417. The van der Waals surface area contributed by atoms with E-state index >= 15 is 0 Å². The fourth-order valence-corrected chi connectivity index (χ4v) is 5.33. The van der Waals surface area contributed by atoms with Gasteiger partial charge in [0.05, 0.1) is 0 Å². The molecule has 0 aromatic carbocycles. The second-order valence-corrected chi connectivity index (χ2v) is 8.45. The average Bonchev–Trinajstić information content (AvgIpc) is 2.78. The van der Waals surface area contributed by atoms with Crippen molar-refractivity contribution in [2.75, 3.05) is 13.6 Å². The summed E-state index contributed by atoms with van der Waals surface area (Å²) in [6, 6.07) is 3.81. The molecule has 0 saturated carbocycles. The molecule has 3 heterocycles. The highest BCUT2D eigenvalue weighted by Gasteiger charge is 2.37. The third-order valence-corrected chi connectivity index (χ3v) is 7.10. The van der Waals surface area contributed by atoms with E-state index in [9.17, 15) is 0 Å². The predicted molar refractivity (Wildman–Crippen MR) is 86.0 cm³/mol. The fourth-order valence-electron chi connectivity index (χ4n) is 3.57. The molecule has 0 aliphatic carbocycles. The number of hydrogen-bond acceptors (Lipinski definition) is 3. The van der Waals surface area contributed by atoms with Crippen LogP contribution < -0.4 is 5.32 Å². The fraction of sp³-hybridized carbons (Fsp3) is 0.714. The first kappa shape index (κ1) is 14.3. The van der Waals surface area contributed by atoms with Crippen molar-refractivity contribution in [3.63, 3.8) is 0 Å². The maximum atomic E-state index is 6.06. The minimum Gasteiger partial charge on any atom is -0.312 e. The van der Waals surface area contributed by atoms with Gasteiger partial charge in [-0.1, -0.05) is 11.6 Å². The molecule has 2 atom stereocenters. The third-order valence-electron chi connectivity index (χ3n) is 4.62. The Morgan fingerprint density at radius 2 is 2.11 bits per heavy atom. The van der Waals surface area contributed by atoms with Crippen molar-refractivity contribution in [1.29, 1.82) is 0 Å². The predicted octanol–water partition coefficient (Wildman–Crippen LogP) is 4.13. The third kappa shape index (κ3) is 3.18. The summed E-state index contributed by atoms with van der Waals surface area (Å²) < 4.78 is 1.88. The normalized spacial score (nSPS) is 31.0. The number of nitrogens with zero attached hydrogens (tertiary/aromatic N) is 1. The monoisotopic (exact) mass is 362 g/mol. The molecule has 2 unspecified atom stereocenters. The first-order valence-corrected chi connectivity index (χ1v) is 8.98. The Balaban J connectivity index is 1.46. The van der Waals surface area contributed by atoms with Crippen LogP contribution in [0.5, 0.6) is 0 Å². The number of fused-ring (bicyclic) bond motifs is 2. The molecule has 2 aliphatic rings. The van der Waals surface area contributed by atoms with Crippen LogP contribution in [0.4, 0.5) is 0 Å². The smallest absolute Gasteiger partial charge is 0.107 e. The van der Waals surface area contributed by atoms with Gasteiger partial charge in [-0.2, -0.15) is 0 Å². The first-order chi connectivity index (χ1) is 9.13. The largest absolute Gasteiger partial charge is 0.312 e. The van der Waals surface area contributed by atoms with E-state index in [4.69, 9.17) is 11.6 Å². The Hall–Kier alpha value is 0.390. The van der Waals surface area contributed by atoms with Gasteiger partial charge < -0.3 is 10.2 Å². The maximum absolute atomic E-state index is 6.06. The molecule has 1 aromatic rings. The number of halogens is 2. The highest BCUT2D eigenvalue weighted by atomic mass is 79.9. The van der Waals surface area contributed by atoms with Crippen LogP contribution in [0.3, 0.4) is 0 Å². The molecule has 2 fully saturated rings. The lowest BCUT2D eigenvalue weighted by Gasteiger charge is -2.36. The van der Waals surface area contributed by atoms with Gasteiger partial charge in [-0.25, -0.2) is 0 Å². The standard InChI is InChI=1S/C14H20BrClN2S/c1-18-10-2-3-11(18)5-9(4-10)7-17-8-12-6-13(15)14(16)19-12/h6,9-11,17H,2-5,7-8H2,1H3. The molecular formula is C14H20BrClN2S. The van der Waals surface area contributed by atoms with Gasteiger partial charge in [0.15, 0.2) is 0 Å². The first-order valence-electron chi connectivity index (χ1n) is 7.00. The van der Waals surface area contributed by atoms with E-state index < -0.39 is 0 Å². The minimum atomic E-state index is 0.843. The minimum absolute atomic E-state index is 0.843. The van der Waals surface area contributed by atoms with Gasteiger partial charge >= 0.3 is 0 Å². The van der Waals surface area contributed by atoms with Crippen LogP contribution in [0.25, 0.3) is 0 Å². The van der Waals surface area contributed by atoms with Crippen LogP contribution in [0.1, 0.15) is 30.6 Å². The Morgan fingerprint density at radius 3 is 2.68 bits per heavy atom. The molecule has 2 bridgehead atoms. The molecular weight excluding hydrogens is 344 g/mol. The van der Waals surface area contributed by atoms with E-state index in [2.05, 4.69) is 39.3 Å². The lowest BCUT2D eigenvalue weighted by Crippen LogP contribution is -2.42. The highest BCUT2D eigenvalue weighted by Crippen LogP contribution is 2.37. The summed E-state index contributed by atoms with van der Waals surface area (Å²) in [6.07, 6.45) is 5.56. The van der Waals surface area contributed by atoms with Crippen molar-refractivity contribution in [3.8, 4) is 0 Å². The topological polar surface area (TPSA) is 15.3 Å². The number of thiophene rings is 1. The van der Waals surface area contributed by atoms with E-state index in [1.807, 2.05) is 0 Å². The van der Waals surface area contributed by atoms with Crippen LogP contribution in [-0.4, -0.2) is 30.6 Å². The van der Waals surface area contributed by atoms with Crippen molar-refractivity contribution in [2.45, 2.75) is 44.3 Å². The summed E-state index contributed by atoms with van der Waals surface area (Å²) in [5.74, 6) is 0.854. The van der Waals surface area contributed by atoms with Crippen LogP contribution in [0.2, 0.25) is 4.34 Å². The Kier molecular flexibility index (Phi) is 4.54. The van der Waals surface area contributed by atoms with Crippen molar-refractivity contribution in [2.24, 2.45) is 5.92 Å². The van der Waals surface area contributed by atoms with Gasteiger partial charge in [0, 0.05) is 28.0 Å². The summed E-state index contributed by atoms with van der Waals surface area (Å²) in [4.78, 5) is 3.92. The van der Waals surface area contributed by atoms with Gasteiger partial charge in [0.1, 0.15) is 4.34 Å². The molecule has 2 nitrogen and oxygen atoms in total. The number of piperidine rings is 1. The van der Waals surface area contributed by atoms with Gasteiger partial charge in [-0.3, -0.25) is 0 Å². The summed E-state index contributed by atoms with van der Waals surface area (Å²) in [5, 5.41) is 3.61. The molecule has 1 N–H and O–H groups in total. The van der Waals surface area contributed by atoms with E-state index in [0.717, 1.165) is 39.9 Å². The molecule has 3 rings (SSSR count). The molecule has 1 aromatic heterocycles.